The van der Waals surface area contributed by atoms with E-state index in [0.717, 1.165) is 10.2 Å². The molecule has 66 valence electrons. The normalized spacial score (nSPS) is 10.3. The molecule has 2 aromatic rings. The molecule has 0 saturated heterocycles. The van der Waals surface area contributed by atoms with E-state index in [-0.39, 0.29) is 5.82 Å². The predicted octanol–water partition coefficient (Wildman–Crippen LogP) is 2.98. The van der Waals surface area contributed by atoms with Crippen LogP contribution < -0.4 is 0 Å². The molecule has 0 aliphatic carbocycles. The summed E-state index contributed by atoms with van der Waals surface area (Å²) in [4.78, 5) is 7.02. The van der Waals surface area contributed by atoms with E-state index < -0.39 is 0 Å². The second-order valence-corrected chi connectivity index (χ2v) is 3.44. The van der Waals surface area contributed by atoms with Gasteiger partial charge in [-0.3, -0.25) is 0 Å². The summed E-state index contributed by atoms with van der Waals surface area (Å²) in [6.45, 7) is 0. The van der Waals surface area contributed by atoms with E-state index in [0.29, 0.717) is 5.82 Å². The van der Waals surface area contributed by atoms with Crippen LogP contribution in [0.3, 0.4) is 0 Å². The molecule has 0 spiro atoms. The van der Waals surface area contributed by atoms with Crippen molar-refractivity contribution in [2.24, 2.45) is 0 Å². The number of benzene rings is 1. The molecular formula is C9H6BrFN2. The molecule has 13 heavy (non-hydrogen) atoms. The lowest BCUT2D eigenvalue weighted by Crippen LogP contribution is -1.81. The first-order valence-corrected chi connectivity index (χ1v) is 4.51. The second kappa shape index (κ2) is 3.30. The van der Waals surface area contributed by atoms with Gasteiger partial charge < -0.3 is 4.98 Å². The molecule has 2 nitrogen and oxygen atoms in total. The van der Waals surface area contributed by atoms with Crippen molar-refractivity contribution in [3.05, 3.63) is 40.9 Å². The molecule has 0 aliphatic rings. The van der Waals surface area contributed by atoms with Crippen LogP contribution in [0.15, 0.2) is 35.1 Å². The van der Waals surface area contributed by atoms with Gasteiger partial charge in [0.05, 0.1) is 6.20 Å². The number of hydrogen-bond donors (Lipinski definition) is 1. The third kappa shape index (κ3) is 1.78. The Bertz CT molecular complexity index is 425. The lowest BCUT2D eigenvalue weighted by atomic mass is 10.2. The van der Waals surface area contributed by atoms with Crippen LogP contribution in [0.25, 0.3) is 11.4 Å². The van der Waals surface area contributed by atoms with Gasteiger partial charge in [-0.1, -0.05) is 12.1 Å². The Hall–Kier alpha value is -1.16. The lowest BCUT2D eigenvalue weighted by molar-refractivity contribution is 0.628. The summed E-state index contributed by atoms with van der Waals surface area (Å²) in [7, 11) is 0. The van der Waals surface area contributed by atoms with Crippen LogP contribution in [0.5, 0.6) is 0 Å². The number of H-pyrrole nitrogens is 1. The van der Waals surface area contributed by atoms with Crippen LogP contribution in [-0.4, -0.2) is 9.97 Å². The number of nitrogens with zero attached hydrogens (tertiary/aromatic N) is 1. The highest BCUT2D eigenvalue weighted by molar-refractivity contribution is 9.10. The number of rotatable bonds is 1. The molecule has 4 heteroatoms. The molecule has 1 heterocycles. The lowest BCUT2D eigenvalue weighted by Gasteiger charge is -1.95. The molecule has 0 radical (unpaired) electrons. The van der Waals surface area contributed by atoms with Crippen molar-refractivity contribution in [2.45, 2.75) is 0 Å². The van der Waals surface area contributed by atoms with E-state index in [2.05, 4.69) is 25.9 Å². The minimum Gasteiger partial charge on any atom is -0.333 e. The third-order valence-corrected chi connectivity index (χ3v) is 2.05. The molecule has 0 saturated carbocycles. The maximum atomic E-state index is 12.8. The Balaban J connectivity index is 2.46. The van der Waals surface area contributed by atoms with Crippen LogP contribution in [0.4, 0.5) is 4.39 Å². The average Bonchev–Trinajstić information content (AvgIpc) is 2.52. The fraction of sp³-hybridized carbons (Fsp3) is 0. The van der Waals surface area contributed by atoms with Gasteiger partial charge in [0, 0.05) is 5.56 Å². The number of nitrogens with one attached hydrogen (secondary N) is 1. The van der Waals surface area contributed by atoms with Crippen molar-refractivity contribution >= 4 is 15.9 Å². The fourth-order valence-corrected chi connectivity index (χ4v) is 1.37. The standard InChI is InChI=1S/C9H6BrFN2/c10-8-5-12-9(13-8)6-2-1-3-7(11)4-6/h1-5H,(H,12,13). The first-order valence-electron chi connectivity index (χ1n) is 3.72. The molecule has 1 aromatic carbocycles. The van der Waals surface area contributed by atoms with E-state index in [4.69, 9.17) is 0 Å². The van der Waals surface area contributed by atoms with Gasteiger partial charge in [0.2, 0.25) is 0 Å². The molecule has 0 unspecified atom stereocenters. The topological polar surface area (TPSA) is 28.7 Å². The zero-order valence-corrected chi connectivity index (χ0v) is 8.18. The maximum Gasteiger partial charge on any atom is 0.138 e. The van der Waals surface area contributed by atoms with Crippen LogP contribution in [-0.2, 0) is 0 Å². The maximum absolute atomic E-state index is 12.8. The van der Waals surface area contributed by atoms with Gasteiger partial charge in [0.15, 0.2) is 0 Å². The van der Waals surface area contributed by atoms with Crippen molar-refractivity contribution in [2.75, 3.05) is 0 Å². The highest BCUT2D eigenvalue weighted by Crippen LogP contribution is 2.18. The minimum atomic E-state index is -0.259. The Morgan fingerprint density at radius 2 is 2.23 bits per heavy atom. The second-order valence-electron chi connectivity index (χ2n) is 2.59. The van der Waals surface area contributed by atoms with Gasteiger partial charge in [0.25, 0.3) is 0 Å². The van der Waals surface area contributed by atoms with Crippen LogP contribution >= 0.6 is 15.9 Å². The molecule has 0 bridgehead atoms. The van der Waals surface area contributed by atoms with Crippen molar-refractivity contribution < 1.29 is 4.39 Å². The summed E-state index contributed by atoms with van der Waals surface area (Å²) < 4.78 is 13.6. The quantitative estimate of drug-likeness (QED) is 0.816. The Morgan fingerprint density at radius 3 is 2.85 bits per heavy atom. The summed E-state index contributed by atoms with van der Waals surface area (Å²) >= 11 is 3.24. The Labute approximate surface area is 83.0 Å². The summed E-state index contributed by atoms with van der Waals surface area (Å²) in [5.41, 5.74) is 0.741. The van der Waals surface area contributed by atoms with E-state index in [1.807, 2.05) is 0 Å². The molecule has 0 amide bonds. The largest absolute Gasteiger partial charge is 0.333 e. The first-order chi connectivity index (χ1) is 6.25. The third-order valence-electron chi connectivity index (χ3n) is 1.64. The first kappa shape index (κ1) is 8.44. The number of hydrogen-bond acceptors (Lipinski definition) is 1. The zero-order chi connectivity index (χ0) is 9.26. The van der Waals surface area contributed by atoms with E-state index in [1.165, 1.54) is 12.1 Å². The fourth-order valence-electron chi connectivity index (χ4n) is 1.08. The molecule has 1 N–H and O–H groups in total. The van der Waals surface area contributed by atoms with Gasteiger partial charge in [-0.2, -0.15) is 0 Å². The molecule has 1 aromatic heterocycles. The van der Waals surface area contributed by atoms with Crippen LogP contribution in [0.1, 0.15) is 0 Å². The van der Waals surface area contributed by atoms with Crippen molar-refractivity contribution in [3.8, 4) is 11.4 Å². The summed E-state index contributed by atoms with van der Waals surface area (Å²) in [5, 5.41) is 0. The number of halogens is 2. The smallest absolute Gasteiger partial charge is 0.138 e. The van der Waals surface area contributed by atoms with E-state index >= 15 is 0 Å². The predicted molar refractivity (Wildman–Crippen MR) is 51.7 cm³/mol. The SMILES string of the molecule is Fc1cccc(-c2ncc(Br)[nH]2)c1. The van der Waals surface area contributed by atoms with Gasteiger partial charge in [-0.05, 0) is 28.1 Å². The minimum absolute atomic E-state index is 0.259. The van der Waals surface area contributed by atoms with Crippen LogP contribution in [0.2, 0.25) is 0 Å². The Morgan fingerprint density at radius 1 is 1.38 bits per heavy atom. The monoisotopic (exact) mass is 240 g/mol. The summed E-state index contributed by atoms with van der Waals surface area (Å²) in [6.07, 6.45) is 1.64. The van der Waals surface area contributed by atoms with E-state index in [9.17, 15) is 4.39 Å². The molecule has 2 rings (SSSR count). The van der Waals surface area contributed by atoms with Crippen molar-refractivity contribution in [3.63, 3.8) is 0 Å². The summed E-state index contributed by atoms with van der Waals surface area (Å²) in [6, 6.07) is 6.29. The van der Waals surface area contributed by atoms with Gasteiger partial charge >= 0.3 is 0 Å². The zero-order valence-electron chi connectivity index (χ0n) is 6.59. The van der Waals surface area contributed by atoms with Gasteiger partial charge in [0.1, 0.15) is 16.2 Å². The van der Waals surface area contributed by atoms with Gasteiger partial charge in [-0.25, -0.2) is 9.37 Å². The molecular weight excluding hydrogens is 235 g/mol. The van der Waals surface area contributed by atoms with Crippen LogP contribution in [0, 0.1) is 5.82 Å². The number of imidazole rings is 1. The molecule has 0 atom stereocenters. The number of aromatic amines is 1. The summed E-state index contributed by atoms with van der Waals surface area (Å²) in [5.74, 6) is 0.399. The Kier molecular flexibility index (Phi) is 2.14. The average molecular weight is 241 g/mol. The highest BCUT2D eigenvalue weighted by Gasteiger charge is 2.01. The van der Waals surface area contributed by atoms with Crippen molar-refractivity contribution in [1.29, 1.82) is 0 Å². The van der Waals surface area contributed by atoms with Crippen molar-refractivity contribution in [1.82, 2.24) is 9.97 Å². The molecule has 0 fully saturated rings. The number of aromatic nitrogens is 2. The van der Waals surface area contributed by atoms with E-state index in [1.54, 1.807) is 18.3 Å². The highest BCUT2D eigenvalue weighted by atomic mass is 79.9. The molecule has 0 aliphatic heterocycles. The van der Waals surface area contributed by atoms with Gasteiger partial charge in [-0.15, -0.1) is 0 Å².